The summed E-state index contributed by atoms with van der Waals surface area (Å²) in [5.41, 5.74) is 1.40. The molecule has 1 heterocycles. The number of nitrogens with zero attached hydrogens (tertiary/aromatic N) is 3. The van der Waals surface area contributed by atoms with Crippen LogP contribution in [0.1, 0.15) is 55.7 Å². The Balaban J connectivity index is 1.82. The van der Waals surface area contributed by atoms with Gasteiger partial charge in [0.1, 0.15) is 0 Å². The number of carbonyl (C=O) groups excluding carboxylic acids is 2. The Labute approximate surface area is 217 Å². The number of carbonyl (C=O) groups is 2. The summed E-state index contributed by atoms with van der Waals surface area (Å²) in [6.45, 7) is 5.26. The summed E-state index contributed by atoms with van der Waals surface area (Å²) >= 11 is 1.56. The number of aromatic nitrogens is 2. The maximum absolute atomic E-state index is 13.2. The number of halogens is 3. The summed E-state index contributed by atoms with van der Waals surface area (Å²) in [7, 11) is 0. The molecule has 3 rings (SSSR count). The van der Waals surface area contributed by atoms with E-state index in [2.05, 4.69) is 15.7 Å². The number of hydrogen-bond acceptors (Lipinski definition) is 5. The minimum Gasteiger partial charge on any atom is -0.349 e. The number of aryl methyl sites for hydroxylation is 2. The van der Waals surface area contributed by atoms with Crippen molar-refractivity contribution in [2.75, 3.05) is 17.3 Å². The number of amides is 2. The number of nitrogens with one attached hydrogen (secondary N) is 2. The highest BCUT2D eigenvalue weighted by Gasteiger charge is 2.34. The van der Waals surface area contributed by atoms with Gasteiger partial charge in [-0.15, -0.1) is 0 Å². The zero-order valence-corrected chi connectivity index (χ0v) is 21.5. The average Bonchev–Trinajstić information content (AvgIpc) is 3.20. The Kier molecular flexibility index (Phi) is 8.65. The van der Waals surface area contributed by atoms with Crippen LogP contribution in [-0.2, 0) is 12.7 Å². The van der Waals surface area contributed by atoms with Gasteiger partial charge < -0.3 is 10.6 Å². The molecule has 0 aliphatic carbocycles. The molecule has 0 saturated heterocycles. The van der Waals surface area contributed by atoms with E-state index in [0.29, 0.717) is 28.3 Å². The van der Waals surface area contributed by atoms with E-state index in [-0.39, 0.29) is 29.3 Å². The largest absolute Gasteiger partial charge is 0.435 e. The molecule has 0 aliphatic heterocycles. The molecule has 37 heavy (non-hydrogen) atoms. The highest BCUT2D eigenvalue weighted by atomic mass is 32.2. The summed E-state index contributed by atoms with van der Waals surface area (Å²) in [4.78, 5) is 26.1. The van der Waals surface area contributed by atoms with Gasteiger partial charge in [0.15, 0.2) is 5.69 Å². The Morgan fingerprint density at radius 3 is 2.49 bits per heavy atom. The first-order valence-electron chi connectivity index (χ1n) is 11.3. The van der Waals surface area contributed by atoms with Crippen molar-refractivity contribution in [3.63, 3.8) is 0 Å². The second-order valence-corrected chi connectivity index (χ2v) is 9.51. The van der Waals surface area contributed by atoms with Crippen LogP contribution in [0.4, 0.5) is 18.9 Å². The number of benzene rings is 2. The van der Waals surface area contributed by atoms with Crippen molar-refractivity contribution in [1.29, 1.82) is 5.26 Å². The molecule has 11 heteroatoms. The molecular formula is C26H26F3N5O2S. The third-order valence-corrected chi connectivity index (χ3v) is 6.43. The average molecular weight is 530 g/mol. The molecular weight excluding hydrogens is 503 g/mol. The van der Waals surface area contributed by atoms with Crippen LogP contribution >= 0.6 is 11.8 Å². The van der Waals surface area contributed by atoms with Gasteiger partial charge in [0.2, 0.25) is 0 Å². The van der Waals surface area contributed by atoms with Crippen LogP contribution < -0.4 is 10.6 Å². The van der Waals surface area contributed by atoms with Crippen LogP contribution in [0, 0.1) is 25.2 Å². The zero-order valence-electron chi connectivity index (χ0n) is 20.7. The number of rotatable bonds is 8. The van der Waals surface area contributed by atoms with Gasteiger partial charge in [-0.3, -0.25) is 14.3 Å². The van der Waals surface area contributed by atoms with Crippen molar-refractivity contribution in [3.8, 4) is 6.07 Å². The Morgan fingerprint density at radius 2 is 1.89 bits per heavy atom. The lowest BCUT2D eigenvalue weighted by molar-refractivity contribution is -0.141. The molecule has 1 aromatic heterocycles. The fraction of sp³-hybridized carbons (Fsp3) is 0.308. The molecule has 0 spiro atoms. The first-order chi connectivity index (χ1) is 17.4. The van der Waals surface area contributed by atoms with Crippen LogP contribution in [0.25, 0.3) is 0 Å². The van der Waals surface area contributed by atoms with Crippen LogP contribution in [0.2, 0.25) is 0 Å². The summed E-state index contributed by atoms with van der Waals surface area (Å²) in [5.74, 6) is -0.402. The molecule has 2 N–H and O–H groups in total. The fourth-order valence-electron chi connectivity index (χ4n) is 3.80. The van der Waals surface area contributed by atoms with Crippen LogP contribution in [0.15, 0.2) is 42.5 Å². The van der Waals surface area contributed by atoms with Crippen molar-refractivity contribution in [2.45, 2.75) is 39.5 Å². The second-order valence-electron chi connectivity index (χ2n) is 8.60. The Bertz CT molecular complexity index is 1360. The van der Waals surface area contributed by atoms with E-state index < -0.39 is 23.7 Å². The molecule has 0 radical (unpaired) electrons. The minimum absolute atomic E-state index is 0.000600. The van der Waals surface area contributed by atoms with Crippen LogP contribution in [-0.4, -0.2) is 39.6 Å². The molecule has 1 atom stereocenters. The summed E-state index contributed by atoms with van der Waals surface area (Å²) < 4.78 is 40.2. The van der Waals surface area contributed by atoms with Gasteiger partial charge in [0.25, 0.3) is 11.8 Å². The molecule has 194 valence electrons. The molecule has 0 fully saturated rings. The van der Waals surface area contributed by atoms with Gasteiger partial charge in [0.05, 0.1) is 29.3 Å². The lowest BCUT2D eigenvalue weighted by atomic mass is 9.99. The van der Waals surface area contributed by atoms with Gasteiger partial charge in [-0.1, -0.05) is 18.2 Å². The maximum atomic E-state index is 13.2. The smallest absolute Gasteiger partial charge is 0.349 e. The number of alkyl halides is 3. The topological polar surface area (TPSA) is 99.8 Å². The van der Waals surface area contributed by atoms with Gasteiger partial charge in [-0.2, -0.15) is 35.3 Å². The van der Waals surface area contributed by atoms with E-state index in [1.54, 1.807) is 43.8 Å². The molecule has 2 amide bonds. The summed E-state index contributed by atoms with van der Waals surface area (Å²) in [6.07, 6.45) is -2.61. The molecule has 3 aromatic rings. The van der Waals surface area contributed by atoms with E-state index in [1.165, 1.54) is 22.9 Å². The summed E-state index contributed by atoms with van der Waals surface area (Å²) in [6, 6.07) is 12.4. The standard InChI is InChI=1S/C26H26F3N5O2S/c1-15-10-18(13-34-17(3)11-22(33-34)26(27,28)29)8-9-21(15)32-24(35)20-7-5-6-19(12-30)23(20)25(36)31-16(2)14-37-4/h5-11,16H,13-14H2,1-4H3,(H,31,36)(H,32,35)/t16-/m0/s1. The van der Waals surface area contributed by atoms with Crippen molar-refractivity contribution < 1.29 is 22.8 Å². The molecule has 0 aliphatic rings. The molecule has 2 aromatic carbocycles. The van der Waals surface area contributed by atoms with Crippen molar-refractivity contribution >= 4 is 29.3 Å². The molecule has 0 bridgehead atoms. The molecule has 0 saturated carbocycles. The second kappa shape index (κ2) is 11.5. The van der Waals surface area contributed by atoms with E-state index in [0.717, 1.165) is 6.07 Å². The SMILES string of the molecule is CSC[C@H](C)NC(=O)c1c(C#N)cccc1C(=O)Nc1ccc(Cn2nc(C(F)(F)F)cc2C)cc1C. The zero-order chi connectivity index (χ0) is 27.3. The Morgan fingerprint density at radius 1 is 1.16 bits per heavy atom. The van der Waals surface area contributed by atoms with E-state index in [4.69, 9.17) is 0 Å². The molecule has 0 unspecified atom stereocenters. The van der Waals surface area contributed by atoms with Crippen LogP contribution in [0.5, 0.6) is 0 Å². The first-order valence-corrected chi connectivity index (χ1v) is 12.7. The number of anilines is 1. The van der Waals surface area contributed by atoms with Gasteiger partial charge in [-0.05, 0) is 62.4 Å². The van der Waals surface area contributed by atoms with Crippen molar-refractivity contribution in [1.82, 2.24) is 15.1 Å². The first kappa shape index (κ1) is 27.8. The quantitative estimate of drug-likeness (QED) is 0.419. The van der Waals surface area contributed by atoms with E-state index >= 15 is 0 Å². The monoisotopic (exact) mass is 529 g/mol. The van der Waals surface area contributed by atoms with Crippen molar-refractivity contribution in [3.05, 3.63) is 81.7 Å². The van der Waals surface area contributed by atoms with Gasteiger partial charge in [0, 0.05) is 23.2 Å². The van der Waals surface area contributed by atoms with Crippen molar-refractivity contribution in [2.24, 2.45) is 0 Å². The minimum atomic E-state index is -4.52. The normalized spacial score (nSPS) is 12.1. The predicted octanol–water partition coefficient (Wildman–Crippen LogP) is 5.17. The maximum Gasteiger partial charge on any atom is 0.435 e. The Hall–Kier alpha value is -3.78. The van der Waals surface area contributed by atoms with Gasteiger partial charge in [-0.25, -0.2) is 0 Å². The highest BCUT2D eigenvalue weighted by molar-refractivity contribution is 7.98. The predicted molar refractivity (Wildman–Crippen MR) is 137 cm³/mol. The molecule has 7 nitrogen and oxygen atoms in total. The van der Waals surface area contributed by atoms with E-state index in [1.807, 2.05) is 19.2 Å². The van der Waals surface area contributed by atoms with E-state index in [9.17, 15) is 28.0 Å². The number of hydrogen-bond donors (Lipinski definition) is 2. The highest BCUT2D eigenvalue weighted by Crippen LogP contribution is 2.29. The van der Waals surface area contributed by atoms with Crippen LogP contribution in [0.3, 0.4) is 0 Å². The van der Waals surface area contributed by atoms with Gasteiger partial charge >= 0.3 is 6.18 Å². The summed E-state index contributed by atoms with van der Waals surface area (Å²) in [5, 5.41) is 18.8. The number of nitriles is 1. The third-order valence-electron chi connectivity index (χ3n) is 5.59. The lowest BCUT2D eigenvalue weighted by Crippen LogP contribution is -2.36. The number of thioether (sulfide) groups is 1. The lowest BCUT2D eigenvalue weighted by Gasteiger charge is -2.16. The fourth-order valence-corrected chi connectivity index (χ4v) is 4.39. The third kappa shape index (κ3) is 6.71.